The maximum absolute atomic E-state index is 9.73. The molecule has 3 nitrogen and oxygen atoms in total. The lowest BCUT2D eigenvalue weighted by atomic mass is 10.4. The zero-order chi connectivity index (χ0) is 12.7. The molecule has 0 heterocycles. The summed E-state index contributed by atoms with van der Waals surface area (Å²) in [5, 5.41) is 9.73. The lowest BCUT2D eigenvalue weighted by Gasteiger charge is -2.30. The molecule has 0 aromatic carbocycles. The van der Waals surface area contributed by atoms with E-state index in [1.165, 1.54) is 31.0 Å². The number of rotatable bonds is 4. The van der Waals surface area contributed by atoms with Gasteiger partial charge in [0, 0.05) is 0 Å². The van der Waals surface area contributed by atoms with Gasteiger partial charge in [0.2, 0.25) is 0 Å². The Morgan fingerprint density at radius 3 is 1.53 bits per heavy atom. The first-order valence-electron chi connectivity index (χ1n) is 5.05. The van der Waals surface area contributed by atoms with E-state index in [1.807, 2.05) is 0 Å². The first kappa shape index (κ1) is 17.6. The number of alkyl halides is 2. The Kier molecular flexibility index (Phi) is 8.76. The molecule has 0 radical (unpaired) electrons. The van der Waals surface area contributed by atoms with Crippen LogP contribution in [0.4, 0.5) is 0 Å². The standard InChI is InChI=1S/C7H18N.C3H4BrClO2/c1-5-8(4,6-2)7-3;1-3(4,5)2(6)7/h5-7H2,1-4H3;1H3,(H,6,7)/q+1;/p-1. The first-order chi connectivity index (χ1) is 6.63. The smallest absolute Gasteiger partial charge is 0.135 e. The molecule has 0 aromatic rings. The van der Waals surface area contributed by atoms with Gasteiger partial charge in [-0.25, -0.2) is 0 Å². The second-order valence-corrected chi connectivity index (χ2v) is 6.54. The van der Waals surface area contributed by atoms with Crippen molar-refractivity contribution in [3.63, 3.8) is 0 Å². The molecule has 0 spiro atoms. The molecule has 5 heteroatoms. The number of carbonyl (C=O) groups excluding carboxylic acids is 1. The number of carbonyl (C=O) groups is 1. The van der Waals surface area contributed by atoms with E-state index >= 15 is 0 Å². The summed E-state index contributed by atoms with van der Waals surface area (Å²) in [4.78, 5) is 9.73. The number of hydrogen-bond donors (Lipinski definition) is 0. The van der Waals surface area contributed by atoms with Crippen LogP contribution in [0, 0.1) is 0 Å². The van der Waals surface area contributed by atoms with Crippen molar-refractivity contribution in [1.29, 1.82) is 0 Å². The first-order valence-corrected chi connectivity index (χ1v) is 6.22. The molecule has 0 aromatic heterocycles. The summed E-state index contributed by atoms with van der Waals surface area (Å²) in [6, 6.07) is 0. The van der Waals surface area contributed by atoms with Crippen molar-refractivity contribution in [1.82, 2.24) is 0 Å². The second-order valence-electron chi connectivity index (χ2n) is 3.74. The van der Waals surface area contributed by atoms with E-state index in [-0.39, 0.29) is 0 Å². The third-order valence-corrected chi connectivity index (χ3v) is 3.13. The molecule has 0 bridgehead atoms. The van der Waals surface area contributed by atoms with E-state index in [9.17, 15) is 9.90 Å². The van der Waals surface area contributed by atoms with Crippen LogP contribution in [-0.4, -0.2) is 40.9 Å². The monoisotopic (exact) mass is 301 g/mol. The molecule has 1 atom stereocenters. The molecule has 0 saturated heterocycles. The fourth-order valence-corrected chi connectivity index (χ4v) is 0.671. The van der Waals surface area contributed by atoms with Crippen LogP contribution in [0.25, 0.3) is 0 Å². The predicted octanol–water partition coefficient (Wildman–Crippen LogP) is 1.58. The summed E-state index contributed by atoms with van der Waals surface area (Å²) in [5.41, 5.74) is 0. The fraction of sp³-hybridized carbons (Fsp3) is 0.900. The van der Waals surface area contributed by atoms with Crippen molar-refractivity contribution in [3.05, 3.63) is 0 Å². The van der Waals surface area contributed by atoms with E-state index in [1.54, 1.807) is 0 Å². The van der Waals surface area contributed by atoms with Gasteiger partial charge < -0.3 is 14.4 Å². The summed E-state index contributed by atoms with van der Waals surface area (Å²) < 4.78 is -0.201. The zero-order valence-corrected chi connectivity index (χ0v) is 12.5. The Morgan fingerprint density at radius 1 is 1.33 bits per heavy atom. The molecule has 0 amide bonds. The Hall–Kier alpha value is 0.200. The predicted molar refractivity (Wildman–Crippen MR) is 66.0 cm³/mol. The molecule has 0 aliphatic heterocycles. The van der Waals surface area contributed by atoms with Gasteiger partial charge in [0.1, 0.15) is 3.78 Å². The minimum absolute atomic E-state index is 1.21. The average Bonchev–Trinajstić information content (AvgIpc) is 2.16. The highest BCUT2D eigenvalue weighted by Crippen LogP contribution is 2.20. The maximum Gasteiger partial charge on any atom is 0.135 e. The van der Waals surface area contributed by atoms with Crippen molar-refractivity contribution in [2.75, 3.05) is 26.7 Å². The summed E-state index contributed by atoms with van der Waals surface area (Å²) in [5.74, 6) is -1.32. The van der Waals surface area contributed by atoms with E-state index in [4.69, 9.17) is 11.6 Å². The summed E-state index contributed by atoms with van der Waals surface area (Å²) in [7, 11) is 2.29. The molecule has 0 N–H and O–H groups in total. The van der Waals surface area contributed by atoms with Gasteiger partial charge in [0.25, 0.3) is 0 Å². The minimum atomic E-state index is -1.41. The normalized spacial score (nSPS) is 14.9. The van der Waals surface area contributed by atoms with Crippen molar-refractivity contribution in [2.24, 2.45) is 0 Å². The largest absolute Gasteiger partial charge is 0.547 e. The Labute approximate surface area is 106 Å². The summed E-state index contributed by atoms with van der Waals surface area (Å²) in [6.07, 6.45) is 0. The van der Waals surface area contributed by atoms with Crippen molar-refractivity contribution < 1.29 is 14.4 Å². The van der Waals surface area contributed by atoms with Gasteiger partial charge in [0.15, 0.2) is 0 Å². The van der Waals surface area contributed by atoms with Gasteiger partial charge in [-0.2, -0.15) is 0 Å². The summed E-state index contributed by atoms with van der Waals surface area (Å²) >= 11 is 7.77. The van der Waals surface area contributed by atoms with Crippen LogP contribution in [0.5, 0.6) is 0 Å². The number of nitrogens with zero attached hydrogens (tertiary/aromatic N) is 1. The SMILES string of the molecule is CC(Cl)(Br)C(=O)[O-].CC[N+](C)(CC)CC. The van der Waals surface area contributed by atoms with Crippen LogP contribution in [0.1, 0.15) is 27.7 Å². The van der Waals surface area contributed by atoms with Crippen LogP contribution >= 0.6 is 27.5 Å². The van der Waals surface area contributed by atoms with E-state index < -0.39 is 9.75 Å². The van der Waals surface area contributed by atoms with Gasteiger partial charge in [-0.15, -0.1) is 11.6 Å². The molecule has 0 saturated carbocycles. The van der Waals surface area contributed by atoms with Gasteiger partial charge in [-0.3, -0.25) is 0 Å². The van der Waals surface area contributed by atoms with E-state index in [0.717, 1.165) is 0 Å². The third kappa shape index (κ3) is 9.15. The highest BCUT2D eigenvalue weighted by Gasteiger charge is 2.15. The van der Waals surface area contributed by atoms with Crippen molar-refractivity contribution in [2.45, 2.75) is 31.5 Å². The van der Waals surface area contributed by atoms with Crippen molar-refractivity contribution in [3.8, 4) is 0 Å². The molecule has 15 heavy (non-hydrogen) atoms. The lowest BCUT2D eigenvalue weighted by molar-refractivity contribution is -0.904. The zero-order valence-electron chi connectivity index (χ0n) is 10.1. The van der Waals surface area contributed by atoms with Gasteiger partial charge >= 0.3 is 0 Å². The molecule has 1 unspecified atom stereocenters. The van der Waals surface area contributed by atoms with E-state index in [2.05, 4.69) is 43.7 Å². The number of hydrogen-bond acceptors (Lipinski definition) is 2. The number of carboxylic acid groups (broad SMARTS) is 1. The highest BCUT2D eigenvalue weighted by molar-refractivity contribution is 9.10. The Morgan fingerprint density at radius 2 is 1.53 bits per heavy atom. The average molecular weight is 303 g/mol. The Bertz CT molecular complexity index is 180. The molecular formula is C10H21BrClNO2. The number of quaternary nitrogens is 1. The Balaban J connectivity index is 0. The highest BCUT2D eigenvalue weighted by atomic mass is 79.9. The topological polar surface area (TPSA) is 40.1 Å². The van der Waals surface area contributed by atoms with Gasteiger partial charge in [-0.05, 0) is 27.7 Å². The third-order valence-electron chi connectivity index (χ3n) is 2.65. The molecule has 0 aliphatic rings. The molecule has 0 aliphatic carbocycles. The van der Waals surface area contributed by atoms with Crippen LogP contribution in [0.15, 0.2) is 0 Å². The van der Waals surface area contributed by atoms with Crippen LogP contribution < -0.4 is 5.11 Å². The lowest BCUT2D eigenvalue weighted by Crippen LogP contribution is -2.42. The van der Waals surface area contributed by atoms with Gasteiger partial charge in [0.05, 0.1) is 32.7 Å². The maximum atomic E-state index is 9.73. The minimum Gasteiger partial charge on any atom is -0.547 e. The van der Waals surface area contributed by atoms with E-state index in [0.29, 0.717) is 0 Å². The number of halogens is 2. The molecular weight excluding hydrogens is 281 g/mol. The number of carboxylic acids is 1. The molecule has 0 rings (SSSR count). The van der Waals surface area contributed by atoms with Crippen molar-refractivity contribution >= 4 is 33.5 Å². The van der Waals surface area contributed by atoms with Crippen LogP contribution in [0.3, 0.4) is 0 Å². The molecule has 0 fully saturated rings. The number of aliphatic carboxylic acids is 1. The molecule has 92 valence electrons. The quantitative estimate of drug-likeness (QED) is 0.584. The fourth-order valence-electron chi connectivity index (χ4n) is 0.671. The van der Waals surface area contributed by atoms with Crippen LogP contribution in [-0.2, 0) is 4.79 Å². The van der Waals surface area contributed by atoms with Crippen LogP contribution in [0.2, 0.25) is 0 Å². The second kappa shape index (κ2) is 7.47. The van der Waals surface area contributed by atoms with Gasteiger partial charge in [-0.1, -0.05) is 15.9 Å². The summed E-state index contributed by atoms with van der Waals surface area (Å²) in [6.45, 7) is 11.8.